The number of likely N-dealkylation sites (N-methyl/N-ethyl adjacent to an activating group) is 1. The average Bonchev–Trinajstić information content (AvgIpc) is 3.01. The number of nitrogens with one attached hydrogen (secondary N) is 1. The van der Waals surface area contributed by atoms with Crippen LogP contribution in [0.4, 0.5) is 0 Å². The summed E-state index contributed by atoms with van der Waals surface area (Å²) < 4.78 is 0. The van der Waals surface area contributed by atoms with Gasteiger partial charge in [-0.25, -0.2) is 0 Å². The number of rotatable bonds is 4. The number of piperidine rings is 1. The van der Waals surface area contributed by atoms with E-state index in [0.29, 0.717) is 6.04 Å². The lowest BCUT2D eigenvalue weighted by atomic mass is 9.96. The monoisotopic (exact) mass is 196 g/mol. The highest BCUT2D eigenvalue weighted by atomic mass is 15.2. The van der Waals surface area contributed by atoms with Gasteiger partial charge in [0.25, 0.3) is 0 Å². The maximum absolute atomic E-state index is 3.42. The van der Waals surface area contributed by atoms with Gasteiger partial charge in [-0.2, -0.15) is 0 Å². The first kappa shape index (κ1) is 10.4. The Balaban J connectivity index is 1.87. The van der Waals surface area contributed by atoms with Crippen molar-refractivity contribution < 1.29 is 0 Å². The van der Waals surface area contributed by atoms with E-state index in [2.05, 4.69) is 24.2 Å². The highest BCUT2D eigenvalue weighted by Gasteiger charge is 2.31. The van der Waals surface area contributed by atoms with Crippen LogP contribution in [-0.2, 0) is 0 Å². The van der Waals surface area contributed by atoms with Crippen LogP contribution in [0.25, 0.3) is 0 Å². The van der Waals surface area contributed by atoms with Crippen molar-refractivity contribution in [1.82, 2.24) is 10.2 Å². The Kier molecular flexibility index (Phi) is 3.45. The fourth-order valence-electron chi connectivity index (χ4n) is 2.63. The molecule has 2 rings (SSSR count). The van der Waals surface area contributed by atoms with E-state index in [1.807, 2.05) is 0 Å². The van der Waals surface area contributed by atoms with Gasteiger partial charge in [0.15, 0.2) is 0 Å². The molecule has 2 aliphatic rings. The molecule has 0 spiro atoms. The first-order valence-electron chi connectivity index (χ1n) is 6.22. The predicted octanol–water partition coefficient (Wildman–Crippen LogP) is 1.86. The second kappa shape index (κ2) is 4.63. The summed E-state index contributed by atoms with van der Waals surface area (Å²) in [5.74, 6) is 1.04. The molecular weight excluding hydrogens is 172 g/mol. The van der Waals surface area contributed by atoms with Crippen molar-refractivity contribution in [3.05, 3.63) is 0 Å². The maximum atomic E-state index is 3.42. The molecule has 82 valence electrons. The van der Waals surface area contributed by atoms with Gasteiger partial charge in [0.2, 0.25) is 0 Å². The summed E-state index contributed by atoms with van der Waals surface area (Å²) in [6.07, 6.45) is 7.21. The fraction of sp³-hybridized carbons (Fsp3) is 1.00. The maximum Gasteiger partial charge on any atom is 0.0246 e. The molecule has 1 N–H and O–H groups in total. The Morgan fingerprint density at radius 2 is 2.07 bits per heavy atom. The third-order valence-corrected chi connectivity index (χ3v) is 3.89. The van der Waals surface area contributed by atoms with E-state index in [0.717, 1.165) is 12.0 Å². The number of hydrogen-bond donors (Lipinski definition) is 1. The molecule has 1 saturated carbocycles. The summed E-state index contributed by atoms with van der Waals surface area (Å²) in [5.41, 5.74) is 0. The van der Waals surface area contributed by atoms with Crippen LogP contribution < -0.4 is 5.32 Å². The molecule has 2 heteroatoms. The molecule has 1 heterocycles. The van der Waals surface area contributed by atoms with Crippen LogP contribution in [0.15, 0.2) is 0 Å². The van der Waals surface area contributed by atoms with Gasteiger partial charge in [-0.05, 0) is 52.1 Å². The SMILES string of the molecule is CNC(C)C1CCCCN1CC1CC1. The van der Waals surface area contributed by atoms with Crippen molar-refractivity contribution in [2.45, 2.75) is 51.1 Å². The summed E-state index contributed by atoms with van der Waals surface area (Å²) in [6, 6.07) is 1.46. The lowest BCUT2D eigenvalue weighted by molar-refractivity contribution is 0.116. The van der Waals surface area contributed by atoms with E-state index in [1.54, 1.807) is 0 Å². The van der Waals surface area contributed by atoms with Crippen LogP contribution in [0.1, 0.15) is 39.0 Å². The Labute approximate surface area is 88.1 Å². The van der Waals surface area contributed by atoms with Crippen molar-refractivity contribution in [3.8, 4) is 0 Å². The van der Waals surface area contributed by atoms with Crippen molar-refractivity contribution in [2.24, 2.45) is 5.92 Å². The summed E-state index contributed by atoms with van der Waals surface area (Å²) in [4.78, 5) is 2.74. The first-order chi connectivity index (χ1) is 6.81. The van der Waals surface area contributed by atoms with E-state index in [9.17, 15) is 0 Å². The first-order valence-corrected chi connectivity index (χ1v) is 6.22. The molecule has 0 aromatic heterocycles. The lowest BCUT2D eigenvalue weighted by Gasteiger charge is -2.39. The zero-order valence-corrected chi connectivity index (χ0v) is 9.63. The molecule has 2 fully saturated rings. The standard InChI is InChI=1S/C12H24N2/c1-10(13-2)12-5-3-4-8-14(12)9-11-6-7-11/h10-13H,3-9H2,1-2H3. The Morgan fingerprint density at radius 3 is 2.71 bits per heavy atom. The Bertz CT molecular complexity index is 177. The van der Waals surface area contributed by atoms with Crippen molar-refractivity contribution in [3.63, 3.8) is 0 Å². The van der Waals surface area contributed by atoms with Gasteiger partial charge in [0, 0.05) is 18.6 Å². The van der Waals surface area contributed by atoms with Crippen LogP contribution in [0, 0.1) is 5.92 Å². The van der Waals surface area contributed by atoms with E-state index >= 15 is 0 Å². The molecular formula is C12H24N2. The molecule has 1 aliphatic carbocycles. The highest BCUT2D eigenvalue weighted by Crippen LogP contribution is 2.32. The second-order valence-corrected chi connectivity index (χ2v) is 5.08. The quantitative estimate of drug-likeness (QED) is 0.738. The lowest BCUT2D eigenvalue weighted by Crippen LogP contribution is -2.50. The summed E-state index contributed by atoms with van der Waals surface area (Å²) in [5, 5.41) is 3.42. The fourth-order valence-corrected chi connectivity index (χ4v) is 2.63. The van der Waals surface area contributed by atoms with Gasteiger partial charge in [-0.15, -0.1) is 0 Å². The molecule has 0 aromatic rings. The van der Waals surface area contributed by atoms with Gasteiger partial charge in [-0.1, -0.05) is 6.42 Å². The third-order valence-electron chi connectivity index (χ3n) is 3.89. The van der Waals surface area contributed by atoms with Gasteiger partial charge < -0.3 is 5.32 Å². The molecule has 1 saturated heterocycles. The van der Waals surface area contributed by atoms with Crippen LogP contribution in [0.2, 0.25) is 0 Å². The molecule has 0 aromatic carbocycles. The molecule has 14 heavy (non-hydrogen) atoms. The van der Waals surface area contributed by atoms with Crippen LogP contribution in [-0.4, -0.2) is 37.1 Å². The zero-order valence-electron chi connectivity index (χ0n) is 9.63. The minimum Gasteiger partial charge on any atom is -0.316 e. The van der Waals surface area contributed by atoms with Crippen molar-refractivity contribution in [1.29, 1.82) is 0 Å². The van der Waals surface area contributed by atoms with Crippen LogP contribution in [0.3, 0.4) is 0 Å². The Hall–Kier alpha value is -0.0800. The number of likely N-dealkylation sites (tertiary alicyclic amines) is 1. The van der Waals surface area contributed by atoms with Gasteiger partial charge in [-0.3, -0.25) is 4.90 Å². The highest BCUT2D eigenvalue weighted by molar-refractivity contribution is 4.87. The predicted molar refractivity (Wildman–Crippen MR) is 60.5 cm³/mol. The molecule has 2 atom stereocenters. The molecule has 0 bridgehead atoms. The van der Waals surface area contributed by atoms with Crippen molar-refractivity contribution in [2.75, 3.05) is 20.1 Å². The number of hydrogen-bond acceptors (Lipinski definition) is 2. The molecule has 0 radical (unpaired) electrons. The van der Waals surface area contributed by atoms with E-state index in [1.165, 1.54) is 45.2 Å². The molecule has 1 aliphatic heterocycles. The molecule has 2 unspecified atom stereocenters. The molecule has 0 amide bonds. The third kappa shape index (κ3) is 2.48. The normalized spacial score (nSPS) is 31.7. The van der Waals surface area contributed by atoms with E-state index in [4.69, 9.17) is 0 Å². The zero-order chi connectivity index (χ0) is 9.97. The summed E-state index contributed by atoms with van der Waals surface area (Å²) in [7, 11) is 2.09. The van der Waals surface area contributed by atoms with Crippen LogP contribution >= 0.6 is 0 Å². The van der Waals surface area contributed by atoms with E-state index in [-0.39, 0.29) is 0 Å². The average molecular weight is 196 g/mol. The van der Waals surface area contributed by atoms with Gasteiger partial charge in [0.1, 0.15) is 0 Å². The Morgan fingerprint density at radius 1 is 1.29 bits per heavy atom. The summed E-state index contributed by atoms with van der Waals surface area (Å²) in [6.45, 7) is 5.04. The van der Waals surface area contributed by atoms with Gasteiger partial charge >= 0.3 is 0 Å². The van der Waals surface area contributed by atoms with Crippen molar-refractivity contribution >= 4 is 0 Å². The minimum atomic E-state index is 0.661. The second-order valence-electron chi connectivity index (χ2n) is 5.08. The topological polar surface area (TPSA) is 15.3 Å². The van der Waals surface area contributed by atoms with E-state index < -0.39 is 0 Å². The van der Waals surface area contributed by atoms with Gasteiger partial charge in [0.05, 0.1) is 0 Å². The summed E-state index contributed by atoms with van der Waals surface area (Å²) >= 11 is 0. The molecule has 2 nitrogen and oxygen atoms in total. The largest absolute Gasteiger partial charge is 0.316 e. The smallest absolute Gasteiger partial charge is 0.0246 e. The minimum absolute atomic E-state index is 0.661. The number of nitrogens with zero attached hydrogens (tertiary/aromatic N) is 1. The van der Waals surface area contributed by atoms with Crippen LogP contribution in [0.5, 0.6) is 0 Å².